The lowest BCUT2D eigenvalue weighted by Gasteiger charge is -2.26. The fourth-order valence-electron chi connectivity index (χ4n) is 1.81. The maximum atomic E-state index is 11.6. The Morgan fingerprint density at radius 2 is 1.93 bits per heavy atom. The molecule has 1 fully saturated rings. The first-order valence-electron chi connectivity index (χ1n) is 5.94. The van der Waals surface area contributed by atoms with E-state index in [0.29, 0.717) is 6.54 Å². The summed E-state index contributed by atoms with van der Waals surface area (Å²) in [6.45, 7) is 3.36. The van der Waals surface area contributed by atoms with Crippen molar-refractivity contribution in [2.45, 2.75) is 32.1 Å². The lowest BCUT2D eigenvalue weighted by atomic mass is 10.1. The highest BCUT2D eigenvalue weighted by Crippen LogP contribution is 2.08. The molecule has 88 valence electrons. The number of hydrogen-bond acceptors (Lipinski definition) is 3. The van der Waals surface area contributed by atoms with Gasteiger partial charge in [0.1, 0.15) is 0 Å². The Kier molecular flexibility index (Phi) is 6.36. The maximum Gasteiger partial charge on any atom is 0.236 e. The number of likely N-dealkylation sites (tertiary alicyclic amines) is 1. The second-order valence-corrected chi connectivity index (χ2v) is 4.05. The number of nitrogens with zero attached hydrogens (tertiary/aromatic N) is 1. The van der Waals surface area contributed by atoms with Crippen LogP contribution in [-0.4, -0.2) is 48.7 Å². The molecule has 1 aliphatic rings. The van der Waals surface area contributed by atoms with Crippen molar-refractivity contribution in [1.29, 1.82) is 0 Å². The monoisotopic (exact) mass is 214 g/mol. The van der Waals surface area contributed by atoms with Crippen LogP contribution in [0.5, 0.6) is 0 Å². The molecular weight excluding hydrogens is 192 g/mol. The van der Waals surface area contributed by atoms with E-state index in [9.17, 15) is 4.79 Å². The topological polar surface area (TPSA) is 52.6 Å². The van der Waals surface area contributed by atoms with E-state index < -0.39 is 0 Å². The van der Waals surface area contributed by atoms with Gasteiger partial charge in [0, 0.05) is 19.7 Å². The first-order chi connectivity index (χ1) is 7.34. The lowest BCUT2D eigenvalue weighted by molar-refractivity contribution is -0.131. The van der Waals surface area contributed by atoms with E-state index in [-0.39, 0.29) is 12.5 Å². The van der Waals surface area contributed by atoms with E-state index >= 15 is 0 Å². The highest BCUT2D eigenvalue weighted by atomic mass is 16.2. The van der Waals surface area contributed by atoms with E-state index in [1.54, 1.807) is 0 Å². The fourth-order valence-corrected chi connectivity index (χ4v) is 1.81. The number of carbonyl (C=O) groups is 1. The van der Waals surface area contributed by atoms with Crippen molar-refractivity contribution in [3.63, 3.8) is 0 Å². The van der Waals surface area contributed by atoms with Gasteiger partial charge in [-0.05, 0) is 38.6 Å². The summed E-state index contributed by atoms with van der Waals surface area (Å²) >= 11 is 0. The molecule has 0 saturated carbocycles. The third-order valence-electron chi connectivity index (χ3n) is 2.75. The van der Waals surface area contributed by atoms with E-state index in [0.717, 1.165) is 45.3 Å². The molecule has 0 spiro atoms. The molecule has 1 saturated heterocycles. The minimum absolute atomic E-state index is 0.221. The highest BCUT2D eigenvalue weighted by molar-refractivity contribution is 5.78. The zero-order valence-corrected chi connectivity index (χ0v) is 9.37. The molecule has 4 heteroatoms. The molecule has 0 aliphatic carbocycles. The number of piperidine rings is 1. The Morgan fingerprint density at radius 3 is 2.60 bits per heavy atom. The molecule has 0 aromatic carbocycles. The summed E-state index contributed by atoms with van der Waals surface area (Å²) in [5.41, 5.74) is 0. The fraction of sp³-hybridized carbons (Fsp3) is 0.909. The largest absolute Gasteiger partial charge is 0.396 e. The second-order valence-electron chi connectivity index (χ2n) is 4.05. The van der Waals surface area contributed by atoms with Crippen LogP contribution in [0.4, 0.5) is 0 Å². The van der Waals surface area contributed by atoms with Gasteiger partial charge in [-0.1, -0.05) is 0 Å². The van der Waals surface area contributed by atoms with Gasteiger partial charge in [0.2, 0.25) is 5.91 Å². The summed E-state index contributed by atoms with van der Waals surface area (Å²) < 4.78 is 0. The zero-order chi connectivity index (χ0) is 10.9. The van der Waals surface area contributed by atoms with Crippen molar-refractivity contribution in [2.75, 3.05) is 32.8 Å². The van der Waals surface area contributed by atoms with Gasteiger partial charge < -0.3 is 15.3 Å². The van der Waals surface area contributed by atoms with Crippen LogP contribution in [0.15, 0.2) is 0 Å². The zero-order valence-electron chi connectivity index (χ0n) is 9.37. The molecule has 1 rings (SSSR count). The standard InChI is InChI=1S/C11H22N2O2/c14-9-5-2-6-12-10-11(15)13-7-3-1-4-8-13/h12,14H,1-10H2. The van der Waals surface area contributed by atoms with Crippen LogP contribution in [0.1, 0.15) is 32.1 Å². The van der Waals surface area contributed by atoms with Crippen LogP contribution in [0.25, 0.3) is 0 Å². The summed E-state index contributed by atoms with van der Waals surface area (Å²) in [7, 11) is 0. The number of aliphatic hydroxyl groups excluding tert-OH is 1. The number of hydrogen-bond donors (Lipinski definition) is 2. The Labute approximate surface area is 91.6 Å². The third-order valence-corrected chi connectivity index (χ3v) is 2.75. The number of unbranched alkanes of at least 4 members (excludes halogenated alkanes) is 1. The number of carbonyl (C=O) groups excluding carboxylic acids is 1. The molecule has 4 nitrogen and oxygen atoms in total. The Balaban J connectivity index is 2.02. The molecule has 1 heterocycles. The molecule has 0 bridgehead atoms. The van der Waals surface area contributed by atoms with Crippen LogP contribution >= 0.6 is 0 Å². The number of aliphatic hydroxyl groups is 1. The van der Waals surface area contributed by atoms with Crippen LogP contribution in [0.3, 0.4) is 0 Å². The van der Waals surface area contributed by atoms with Gasteiger partial charge in [0.25, 0.3) is 0 Å². The average Bonchev–Trinajstić information content (AvgIpc) is 2.30. The van der Waals surface area contributed by atoms with Gasteiger partial charge >= 0.3 is 0 Å². The van der Waals surface area contributed by atoms with Crippen LogP contribution < -0.4 is 5.32 Å². The summed E-state index contributed by atoms with van der Waals surface area (Å²) in [5.74, 6) is 0.221. The molecule has 15 heavy (non-hydrogen) atoms. The molecule has 0 aromatic rings. The van der Waals surface area contributed by atoms with Gasteiger partial charge in [-0.2, -0.15) is 0 Å². The maximum absolute atomic E-state index is 11.6. The Morgan fingerprint density at radius 1 is 1.20 bits per heavy atom. The van der Waals surface area contributed by atoms with Gasteiger partial charge in [0.05, 0.1) is 6.54 Å². The van der Waals surface area contributed by atoms with Gasteiger partial charge in [-0.25, -0.2) is 0 Å². The highest BCUT2D eigenvalue weighted by Gasteiger charge is 2.15. The van der Waals surface area contributed by atoms with Crippen molar-refractivity contribution < 1.29 is 9.90 Å². The van der Waals surface area contributed by atoms with Crippen LogP contribution in [0.2, 0.25) is 0 Å². The molecule has 2 N–H and O–H groups in total. The minimum atomic E-state index is 0.221. The lowest BCUT2D eigenvalue weighted by Crippen LogP contribution is -2.41. The van der Waals surface area contributed by atoms with Crippen molar-refractivity contribution in [2.24, 2.45) is 0 Å². The molecule has 0 unspecified atom stereocenters. The Bertz CT molecular complexity index is 179. The van der Waals surface area contributed by atoms with Crippen molar-refractivity contribution in [3.8, 4) is 0 Å². The van der Waals surface area contributed by atoms with Crippen molar-refractivity contribution in [1.82, 2.24) is 10.2 Å². The summed E-state index contributed by atoms with van der Waals surface area (Å²) in [6, 6.07) is 0. The molecular formula is C11H22N2O2. The van der Waals surface area contributed by atoms with Gasteiger partial charge in [-0.15, -0.1) is 0 Å². The van der Waals surface area contributed by atoms with E-state index in [2.05, 4.69) is 5.32 Å². The normalized spacial score (nSPS) is 16.7. The quantitative estimate of drug-likeness (QED) is 0.628. The van der Waals surface area contributed by atoms with E-state index in [1.807, 2.05) is 4.90 Å². The van der Waals surface area contributed by atoms with Crippen LogP contribution in [-0.2, 0) is 4.79 Å². The molecule has 0 aromatic heterocycles. The van der Waals surface area contributed by atoms with E-state index in [1.165, 1.54) is 6.42 Å². The number of amides is 1. The smallest absolute Gasteiger partial charge is 0.236 e. The SMILES string of the molecule is O=C(CNCCCCO)N1CCCCC1. The van der Waals surface area contributed by atoms with Crippen molar-refractivity contribution in [3.05, 3.63) is 0 Å². The van der Waals surface area contributed by atoms with Gasteiger partial charge in [0.15, 0.2) is 0 Å². The predicted molar refractivity (Wildman–Crippen MR) is 59.6 cm³/mol. The molecule has 1 amide bonds. The summed E-state index contributed by atoms with van der Waals surface area (Å²) in [6.07, 6.45) is 5.30. The number of rotatable bonds is 6. The predicted octanol–water partition coefficient (Wildman–Crippen LogP) is 0.361. The molecule has 0 atom stereocenters. The summed E-state index contributed by atoms with van der Waals surface area (Å²) in [4.78, 5) is 13.6. The average molecular weight is 214 g/mol. The third kappa shape index (κ3) is 5.14. The second kappa shape index (κ2) is 7.65. The molecule has 0 radical (unpaired) electrons. The molecule has 1 aliphatic heterocycles. The van der Waals surface area contributed by atoms with Gasteiger partial charge in [-0.3, -0.25) is 4.79 Å². The Hall–Kier alpha value is -0.610. The van der Waals surface area contributed by atoms with Crippen LogP contribution in [0, 0.1) is 0 Å². The number of nitrogens with one attached hydrogen (secondary N) is 1. The van der Waals surface area contributed by atoms with Crippen molar-refractivity contribution >= 4 is 5.91 Å². The first-order valence-corrected chi connectivity index (χ1v) is 5.94. The summed E-state index contributed by atoms with van der Waals surface area (Å²) in [5, 5.41) is 11.7. The minimum Gasteiger partial charge on any atom is -0.396 e. The first kappa shape index (κ1) is 12.5. The van der Waals surface area contributed by atoms with E-state index in [4.69, 9.17) is 5.11 Å².